The number of benzene rings is 2. The fraction of sp³-hybridized carbons (Fsp3) is 0.188. The lowest BCUT2D eigenvalue weighted by molar-refractivity contribution is -0.119. The standard InChI is InChI=1S/C16H16F2N2O4S/c1-10(21)19-9-11-3-4-15(24-2)16(5-11)25(22,23)20-14-7-12(17)6-13(18)8-14/h3-8,20H,9H2,1-2H3,(H,19,21). The van der Waals surface area contributed by atoms with Crippen LogP contribution in [0.5, 0.6) is 5.75 Å². The molecule has 0 aromatic heterocycles. The van der Waals surface area contributed by atoms with E-state index in [0.29, 0.717) is 11.6 Å². The molecule has 6 nitrogen and oxygen atoms in total. The second-order valence-corrected chi connectivity index (χ2v) is 6.81. The smallest absolute Gasteiger partial charge is 0.265 e. The van der Waals surface area contributed by atoms with E-state index in [1.165, 1.54) is 26.2 Å². The molecule has 0 fully saturated rings. The maximum absolute atomic E-state index is 13.3. The highest BCUT2D eigenvalue weighted by Crippen LogP contribution is 2.27. The normalized spacial score (nSPS) is 11.0. The van der Waals surface area contributed by atoms with Crippen molar-refractivity contribution in [2.45, 2.75) is 18.4 Å². The quantitative estimate of drug-likeness (QED) is 0.818. The van der Waals surface area contributed by atoms with Gasteiger partial charge in [-0.1, -0.05) is 6.07 Å². The van der Waals surface area contributed by atoms with Gasteiger partial charge in [-0.15, -0.1) is 0 Å². The summed E-state index contributed by atoms with van der Waals surface area (Å²) in [6, 6.07) is 6.68. The molecule has 1 amide bonds. The summed E-state index contributed by atoms with van der Waals surface area (Å²) >= 11 is 0. The summed E-state index contributed by atoms with van der Waals surface area (Å²) < 4.78 is 58.8. The number of hydrogen-bond donors (Lipinski definition) is 2. The molecular formula is C16H16F2N2O4S. The van der Waals surface area contributed by atoms with Crippen LogP contribution >= 0.6 is 0 Å². The second-order valence-electron chi connectivity index (χ2n) is 5.16. The Balaban J connectivity index is 2.39. The van der Waals surface area contributed by atoms with E-state index in [2.05, 4.69) is 10.0 Å². The van der Waals surface area contributed by atoms with Crippen molar-refractivity contribution >= 4 is 21.6 Å². The Kier molecular flexibility index (Phi) is 5.58. The van der Waals surface area contributed by atoms with Crippen molar-refractivity contribution in [3.8, 4) is 5.75 Å². The van der Waals surface area contributed by atoms with Crippen LogP contribution in [-0.2, 0) is 21.4 Å². The van der Waals surface area contributed by atoms with Crippen molar-refractivity contribution in [3.05, 3.63) is 53.6 Å². The highest BCUT2D eigenvalue weighted by Gasteiger charge is 2.21. The first-order chi connectivity index (χ1) is 11.7. The SMILES string of the molecule is COc1ccc(CNC(C)=O)cc1S(=O)(=O)Nc1cc(F)cc(F)c1. The molecule has 25 heavy (non-hydrogen) atoms. The summed E-state index contributed by atoms with van der Waals surface area (Å²) in [4.78, 5) is 10.8. The summed E-state index contributed by atoms with van der Waals surface area (Å²) in [6.45, 7) is 1.46. The van der Waals surface area contributed by atoms with Gasteiger partial charge in [0.05, 0.1) is 12.8 Å². The minimum Gasteiger partial charge on any atom is -0.495 e. The average Bonchev–Trinajstić information content (AvgIpc) is 2.51. The third-order valence-electron chi connectivity index (χ3n) is 3.17. The second kappa shape index (κ2) is 7.47. The molecule has 0 radical (unpaired) electrons. The topological polar surface area (TPSA) is 84.5 Å². The van der Waals surface area contributed by atoms with Gasteiger partial charge < -0.3 is 10.1 Å². The largest absolute Gasteiger partial charge is 0.495 e. The van der Waals surface area contributed by atoms with Crippen LogP contribution in [0.3, 0.4) is 0 Å². The molecular weight excluding hydrogens is 354 g/mol. The highest BCUT2D eigenvalue weighted by molar-refractivity contribution is 7.92. The Morgan fingerprint density at radius 1 is 1.12 bits per heavy atom. The van der Waals surface area contributed by atoms with Gasteiger partial charge >= 0.3 is 0 Å². The van der Waals surface area contributed by atoms with Gasteiger partial charge in [-0.2, -0.15) is 0 Å². The molecule has 0 bridgehead atoms. The number of sulfonamides is 1. The van der Waals surface area contributed by atoms with Crippen molar-refractivity contribution < 1.29 is 26.7 Å². The molecule has 2 rings (SSSR count). The third kappa shape index (κ3) is 4.90. The van der Waals surface area contributed by atoms with Crippen LogP contribution in [0, 0.1) is 11.6 Å². The molecule has 0 heterocycles. The lowest BCUT2D eigenvalue weighted by Crippen LogP contribution is -2.20. The molecule has 0 aliphatic heterocycles. The lowest BCUT2D eigenvalue weighted by atomic mass is 10.2. The number of methoxy groups -OCH3 is 1. The monoisotopic (exact) mass is 370 g/mol. The maximum atomic E-state index is 13.3. The van der Waals surface area contributed by atoms with Crippen LogP contribution in [-0.4, -0.2) is 21.4 Å². The maximum Gasteiger partial charge on any atom is 0.265 e. The Labute approximate surface area is 143 Å². The van der Waals surface area contributed by atoms with Gasteiger partial charge in [0.25, 0.3) is 10.0 Å². The Morgan fingerprint density at radius 3 is 2.32 bits per heavy atom. The van der Waals surface area contributed by atoms with E-state index < -0.39 is 21.7 Å². The molecule has 2 aromatic carbocycles. The summed E-state index contributed by atoms with van der Waals surface area (Å²) in [7, 11) is -2.88. The Morgan fingerprint density at radius 2 is 1.76 bits per heavy atom. The number of carbonyl (C=O) groups is 1. The number of nitrogens with one attached hydrogen (secondary N) is 2. The van der Waals surface area contributed by atoms with Crippen LogP contribution < -0.4 is 14.8 Å². The predicted molar refractivity (Wildman–Crippen MR) is 87.7 cm³/mol. The minimum absolute atomic E-state index is 0.0518. The first kappa shape index (κ1) is 18.7. The molecule has 134 valence electrons. The molecule has 0 spiro atoms. The number of carbonyl (C=O) groups excluding carboxylic acids is 1. The van der Waals surface area contributed by atoms with Gasteiger partial charge in [-0.25, -0.2) is 17.2 Å². The number of halogens is 2. The minimum atomic E-state index is -4.17. The van der Waals surface area contributed by atoms with Crippen molar-refractivity contribution in [3.63, 3.8) is 0 Å². The molecule has 9 heteroatoms. The predicted octanol–water partition coefficient (Wildman–Crippen LogP) is 2.41. The molecule has 0 aliphatic carbocycles. The fourth-order valence-electron chi connectivity index (χ4n) is 2.09. The lowest BCUT2D eigenvalue weighted by Gasteiger charge is -2.13. The first-order valence-corrected chi connectivity index (χ1v) is 8.60. The van der Waals surface area contributed by atoms with E-state index in [1.54, 1.807) is 6.07 Å². The van der Waals surface area contributed by atoms with E-state index in [1.807, 2.05) is 0 Å². The molecule has 0 saturated heterocycles. The first-order valence-electron chi connectivity index (χ1n) is 7.11. The van der Waals surface area contributed by atoms with Crippen LogP contribution in [0.25, 0.3) is 0 Å². The van der Waals surface area contributed by atoms with Crippen molar-refractivity contribution in [2.24, 2.45) is 0 Å². The molecule has 0 aliphatic rings. The third-order valence-corrected chi connectivity index (χ3v) is 4.58. The van der Waals surface area contributed by atoms with Gasteiger partial charge in [0.2, 0.25) is 5.91 Å². The molecule has 2 N–H and O–H groups in total. The van der Waals surface area contributed by atoms with Gasteiger partial charge in [0.1, 0.15) is 22.3 Å². The molecule has 0 unspecified atom stereocenters. The number of ether oxygens (including phenoxy) is 1. The van der Waals surface area contributed by atoms with E-state index in [0.717, 1.165) is 12.1 Å². The van der Waals surface area contributed by atoms with Crippen LogP contribution in [0.15, 0.2) is 41.3 Å². The van der Waals surface area contributed by atoms with Crippen molar-refractivity contribution in [1.29, 1.82) is 0 Å². The summed E-state index contributed by atoms with van der Waals surface area (Å²) in [5.41, 5.74) is 0.258. The van der Waals surface area contributed by atoms with E-state index in [-0.39, 0.29) is 28.8 Å². The zero-order valence-electron chi connectivity index (χ0n) is 13.5. The van der Waals surface area contributed by atoms with Gasteiger partial charge in [-0.3, -0.25) is 9.52 Å². The van der Waals surface area contributed by atoms with E-state index in [4.69, 9.17) is 4.74 Å². The van der Waals surface area contributed by atoms with E-state index >= 15 is 0 Å². The van der Waals surface area contributed by atoms with Gasteiger partial charge in [0.15, 0.2) is 0 Å². The fourth-order valence-corrected chi connectivity index (χ4v) is 3.35. The number of rotatable bonds is 6. The van der Waals surface area contributed by atoms with Crippen LogP contribution in [0.2, 0.25) is 0 Å². The zero-order chi connectivity index (χ0) is 18.6. The number of anilines is 1. The van der Waals surface area contributed by atoms with E-state index in [9.17, 15) is 22.0 Å². The van der Waals surface area contributed by atoms with Crippen LogP contribution in [0.1, 0.15) is 12.5 Å². The highest BCUT2D eigenvalue weighted by atomic mass is 32.2. The van der Waals surface area contributed by atoms with Crippen molar-refractivity contribution in [1.82, 2.24) is 5.32 Å². The van der Waals surface area contributed by atoms with Gasteiger partial charge in [-0.05, 0) is 29.8 Å². The Bertz CT molecular complexity index is 881. The molecule has 0 saturated carbocycles. The summed E-state index contributed by atoms with van der Waals surface area (Å²) in [5.74, 6) is -2.04. The van der Waals surface area contributed by atoms with Gasteiger partial charge in [0, 0.05) is 19.5 Å². The molecule has 0 atom stereocenters. The average molecular weight is 370 g/mol. The zero-order valence-corrected chi connectivity index (χ0v) is 14.3. The molecule has 2 aromatic rings. The number of hydrogen-bond acceptors (Lipinski definition) is 4. The Hall–Kier alpha value is -2.68. The number of amides is 1. The summed E-state index contributed by atoms with van der Waals surface area (Å²) in [6.07, 6.45) is 0. The van der Waals surface area contributed by atoms with Crippen LogP contribution in [0.4, 0.5) is 14.5 Å². The summed E-state index contributed by atoms with van der Waals surface area (Å²) in [5, 5.41) is 2.55. The van der Waals surface area contributed by atoms with Crippen molar-refractivity contribution in [2.75, 3.05) is 11.8 Å².